The van der Waals surface area contributed by atoms with Gasteiger partial charge in [0.15, 0.2) is 0 Å². The maximum Gasteiger partial charge on any atom is 0.131 e. The molecule has 1 aromatic carbocycles. The summed E-state index contributed by atoms with van der Waals surface area (Å²) >= 11 is 0. The maximum absolute atomic E-state index is 5.67. The van der Waals surface area contributed by atoms with Gasteiger partial charge in [-0.2, -0.15) is 0 Å². The van der Waals surface area contributed by atoms with Gasteiger partial charge in [-0.05, 0) is 36.6 Å². The molecule has 0 aliphatic heterocycles. The number of rotatable bonds is 10. The van der Waals surface area contributed by atoms with E-state index in [-0.39, 0.29) is 0 Å². The Hall–Kier alpha value is -2.50. The Bertz CT molecular complexity index is 602. The summed E-state index contributed by atoms with van der Waals surface area (Å²) in [5, 5.41) is 6.55. The molecule has 2 aromatic rings. The number of nitrogens with one attached hydrogen (secondary N) is 2. The molecule has 1 heterocycles. The highest BCUT2D eigenvalue weighted by molar-refractivity contribution is 5.46. The van der Waals surface area contributed by atoms with Crippen LogP contribution in [0.5, 0.6) is 11.5 Å². The van der Waals surface area contributed by atoms with Gasteiger partial charge >= 0.3 is 0 Å². The zero-order chi connectivity index (χ0) is 17.2. The summed E-state index contributed by atoms with van der Waals surface area (Å²) in [7, 11) is 1.65. The molecule has 0 saturated carbocycles. The van der Waals surface area contributed by atoms with E-state index < -0.39 is 0 Å². The summed E-state index contributed by atoms with van der Waals surface area (Å²) in [5.74, 6) is 3.93. The van der Waals surface area contributed by atoms with Crippen molar-refractivity contribution in [3.63, 3.8) is 0 Å². The van der Waals surface area contributed by atoms with Gasteiger partial charge in [-0.1, -0.05) is 13.8 Å². The summed E-state index contributed by atoms with van der Waals surface area (Å²) in [6, 6.07) is 9.44. The van der Waals surface area contributed by atoms with Crippen molar-refractivity contribution in [2.24, 2.45) is 5.92 Å². The normalized spacial score (nSPS) is 10.5. The molecule has 2 N–H and O–H groups in total. The first-order valence-corrected chi connectivity index (χ1v) is 8.24. The van der Waals surface area contributed by atoms with Gasteiger partial charge in [0, 0.05) is 12.6 Å². The molecule has 24 heavy (non-hydrogen) atoms. The molecule has 0 saturated heterocycles. The van der Waals surface area contributed by atoms with Crippen LogP contribution in [0.3, 0.4) is 0 Å². The lowest BCUT2D eigenvalue weighted by Gasteiger charge is -2.10. The summed E-state index contributed by atoms with van der Waals surface area (Å²) in [6.45, 7) is 6.53. The van der Waals surface area contributed by atoms with E-state index in [0.29, 0.717) is 19.1 Å². The molecule has 2 rings (SSSR count). The minimum absolute atomic E-state index is 0.548. The molecule has 0 spiro atoms. The van der Waals surface area contributed by atoms with Crippen molar-refractivity contribution in [2.75, 3.05) is 37.4 Å². The highest BCUT2D eigenvalue weighted by Gasteiger charge is 2.00. The second-order valence-electron chi connectivity index (χ2n) is 5.85. The van der Waals surface area contributed by atoms with Crippen LogP contribution in [0.2, 0.25) is 0 Å². The fourth-order valence-electron chi connectivity index (χ4n) is 2.06. The van der Waals surface area contributed by atoms with Crippen LogP contribution in [-0.4, -0.2) is 36.8 Å². The molecule has 6 nitrogen and oxygen atoms in total. The smallest absolute Gasteiger partial charge is 0.131 e. The summed E-state index contributed by atoms with van der Waals surface area (Å²) in [4.78, 5) is 8.44. The molecule has 0 aliphatic carbocycles. The van der Waals surface area contributed by atoms with E-state index in [1.807, 2.05) is 30.3 Å². The van der Waals surface area contributed by atoms with Gasteiger partial charge in [0.25, 0.3) is 0 Å². The second-order valence-corrected chi connectivity index (χ2v) is 5.85. The largest absolute Gasteiger partial charge is 0.497 e. The minimum atomic E-state index is 0.548. The number of methoxy groups -OCH3 is 1. The molecule has 0 unspecified atom stereocenters. The van der Waals surface area contributed by atoms with Crippen LogP contribution in [0.4, 0.5) is 11.6 Å². The number of aromatic nitrogens is 2. The summed E-state index contributed by atoms with van der Waals surface area (Å²) in [6.07, 6.45) is 2.67. The Kier molecular flexibility index (Phi) is 7.14. The molecule has 0 bridgehead atoms. The first kappa shape index (κ1) is 17.8. The van der Waals surface area contributed by atoms with Crippen molar-refractivity contribution in [3.05, 3.63) is 36.7 Å². The van der Waals surface area contributed by atoms with E-state index in [2.05, 4.69) is 34.4 Å². The van der Waals surface area contributed by atoms with Gasteiger partial charge in [0.05, 0.1) is 13.7 Å². The number of hydrogen-bond acceptors (Lipinski definition) is 6. The Balaban J connectivity index is 1.71. The van der Waals surface area contributed by atoms with Gasteiger partial charge < -0.3 is 20.1 Å². The molecule has 0 amide bonds. The Labute approximate surface area is 143 Å². The Morgan fingerprint density at radius 3 is 2.21 bits per heavy atom. The summed E-state index contributed by atoms with van der Waals surface area (Å²) in [5.41, 5.74) is 0. The third-order valence-corrected chi connectivity index (χ3v) is 3.43. The Morgan fingerprint density at radius 1 is 0.958 bits per heavy atom. The number of ether oxygens (including phenoxy) is 2. The molecule has 0 fully saturated rings. The van der Waals surface area contributed by atoms with Gasteiger partial charge in [-0.3, -0.25) is 0 Å². The lowest BCUT2D eigenvalue weighted by Crippen LogP contribution is -2.13. The van der Waals surface area contributed by atoms with Crippen molar-refractivity contribution in [3.8, 4) is 11.5 Å². The second kappa shape index (κ2) is 9.60. The standard InChI is InChI=1S/C18H26N4O2/c1-14(2)8-9-19-17-12-18(22-13-21-17)20-10-11-24-16-6-4-15(23-3)5-7-16/h4-7,12-14H,8-11H2,1-3H3,(H2,19,20,21,22). The molecule has 0 atom stereocenters. The van der Waals surface area contributed by atoms with Crippen LogP contribution in [0, 0.1) is 5.92 Å². The van der Waals surface area contributed by atoms with E-state index in [0.717, 1.165) is 36.1 Å². The molecular formula is C18H26N4O2. The lowest BCUT2D eigenvalue weighted by molar-refractivity contribution is 0.331. The fraction of sp³-hybridized carbons (Fsp3) is 0.444. The number of hydrogen-bond donors (Lipinski definition) is 2. The van der Waals surface area contributed by atoms with Gasteiger partial charge in [0.2, 0.25) is 0 Å². The topological polar surface area (TPSA) is 68.3 Å². The third kappa shape index (κ3) is 6.32. The van der Waals surface area contributed by atoms with Crippen molar-refractivity contribution in [1.29, 1.82) is 0 Å². The third-order valence-electron chi connectivity index (χ3n) is 3.43. The van der Waals surface area contributed by atoms with Crippen LogP contribution in [0.25, 0.3) is 0 Å². The minimum Gasteiger partial charge on any atom is -0.497 e. The Morgan fingerprint density at radius 2 is 1.58 bits per heavy atom. The fourth-order valence-corrected chi connectivity index (χ4v) is 2.06. The maximum atomic E-state index is 5.67. The highest BCUT2D eigenvalue weighted by atomic mass is 16.5. The van der Waals surface area contributed by atoms with Crippen LogP contribution in [0.15, 0.2) is 36.7 Å². The highest BCUT2D eigenvalue weighted by Crippen LogP contribution is 2.17. The van der Waals surface area contributed by atoms with E-state index in [9.17, 15) is 0 Å². The number of benzene rings is 1. The molecule has 0 radical (unpaired) electrons. The lowest BCUT2D eigenvalue weighted by atomic mass is 10.1. The van der Waals surface area contributed by atoms with E-state index in [1.54, 1.807) is 13.4 Å². The zero-order valence-electron chi connectivity index (χ0n) is 14.6. The average molecular weight is 330 g/mol. The van der Waals surface area contributed by atoms with Crippen molar-refractivity contribution in [1.82, 2.24) is 9.97 Å². The summed E-state index contributed by atoms with van der Waals surface area (Å²) < 4.78 is 10.8. The van der Waals surface area contributed by atoms with Gasteiger partial charge in [0.1, 0.15) is 36.1 Å². The monoisotopic (exact) mass is 330 g/mol. The molecule has 6 heteroatoms. The van der Waals surface area contributed by atoms with Crippen molar-refractivity contribution < 1.29 is 9.47 Å². The van der Waals surface area contributed by atoms with Gasteiger partial charge in [-0.25, -0.2) is 9.97 Å². The van der Waals surface area contributed by atoms with Crippen LogP contribution < -0.4 is 20.1 Å². The zero-order valence-corrected chi connectivity index (χ0v) is 14.6. The average Bonchev–Trinajstić information content (AvgIpc) is 2.59. The van der Waals surface area contributed by atoms with Crippen LogP contribution in [-0.2, 0) is 0 Å². The number of nitrogens with zero attached hydrogens (tertiary/aromatic N) is 2. The van der Waals surface area contributed by atoms with Crippen LogP contribution in [0.1, 0.15) is 20.3 Å². The van der Waals surface area contributed by atoms with E-state index in [4.69, 9.17) is 9.47 Å². The predicted molar refractivity (Wildman–Crippen MR) is 97.0 cm³/mol. The number of anilines is 2. The molecule has 130 valence electrons. The van der Waals surface area contributed by atoms with Crippen LogP contribution >= 0.6 is 0 Å². The van der Waals surface area contributed by atoms with E-state index in [1.165, 1.54) is 0 Å². The van der Waals surface area contributed by atoms with Gasteiger partial charge in [-0.15, -0.1) is 0 Å². The SMILES string of the molecule is COc1ccc(OCCNc2cc(NCCC(C)C)ncn2)cc1. The molecular weight excluding hydrogens is 304 g/mol. The van der Waals surface area contributed by atoms with Crippen molar-refractivity contribution >= 4 is 11.6 Å². The molecule has 1 aromatic heterocycles. The quantitative estimate of drug-likeness (QED) is 0.651. The van der Waals surface area contributed by atoms with Crippen molar-refractivity contribution in [2.45, 2.75) is 20.3 Å². The predicted octanol–water partition coefficient (Wildman–Crippen LogP) is 3.43. The first-order chi connectivity index (χ1) is 11.7. The molecule has 0 aliphatic rings. The van der Waals surface area contributed by atoms with E-state index >= 15 is 0 Å². The first-order valence-electron chi connectivity index (χ1n) is 8.24.